The highest BCUT2D eigenvalue weighted by Gasteiger charge is 2.27. The fourth-order valence-electron chi connectivity index (χ4n) is 4.56. The average molecular weight is 518 g/mol. The first kappa shape index (κ1) is 26.3. The van der Waals surface area contributed by atoms with Crippen LogP contribution in [0.2, 0.25) is 0 Å². The second kappa shape index (κ2) is 11.5. The Balaban J connectivity index is 1.40. The number of hydrogen-bond donors (Lipinski definition) is 1. The Morgan fingerprint density at radius 2 is 1.81 bits per heavy atom. The third-order valence-corrected chi connectivity index (χ3v) is 8.40. The second-order valence-electron chi connectivity index (χ2n) is 9.09. The van der Waals surface area contributed by atoms with Gasteiger partial charge in [-0.3, -0.25) is 0 Å². The van der Waals surface area contributed by atoms with E-state index >= 15 is 0 Å². The average Bonchev–Trinajstić information content (AvgIpc) is 2.90. The third kappa shape index (κ3) is 6.53. The number of benzene rings is 2. The van der Waals surface area contributed by atoms with Crippen molar-refractivity contribution >= 4 is 27.7 Å². The summed E-state index contributed by atoms with van der Waals surface area (Å²) in [6.07, 6.45) is 6.51. The van der Waals surface area contributed by atoms with Gasteiger partial charge in [-0.2, -0.15) is 10.2 Å². The number of ether oxygens (including phenoxy) is 1. The first-order valence-corrected chi connectivity index (χ1v) is 13.9. The van der Waals surface area contributed by atoms with Gasteiger partial charge in [-0.15, -0.1) is 0 Å². The Labute approximate surface area is 218 Å². The van der Waals surface area contributed by atoms with E-state index in [-0.39, 0.29) is 5.75 Å². The molecule has 1 N–H and O–H groups in total. The van der Waals surface area contributed by atoms with Crippen molar-refractivity contribution < 1.29 is 13.2 Å². The lowest BCUT2D eigenvalue weighted by Crippen LogP contribution is -2.38. The molecular weight excluding hydrogens is 486 g/mol. The van der Waals surface area contributed by atoms with Gasteiger partial charge >= 0.3 is 0 Å². The quantitative estimate of drug-likeness (QED) is 0.382. The summed E-state index contributed by atoms with van der Waals surface area (Å²) in [5.74, 6) is 2.07. The van der Waals surface area contributed by atoms with E-state index in [0.29, 0.717) is 30.8 Å². The van der Waals surface area contributed by atoms with Crippen LogP contribution in [0.15, 0.2) is 54.7 Å². The summed E-state index contributed by atoms with van der Waals surface area (Å²) in [6, 6.07) is 15.8. The topological polar surface area (TPSA) is 108 Å². The number of nitrogens with one attached hydrogen (secondary N) is 1. The molecule has 4 rings (SSSR count). The summed E-state index contributed by atoms with van der Waals surface area (Å²) in [5, 5.41) is 12.0. The number of aromatic nitrogens is 2. The van der Waals surface area contributed by atoms with E-state index in [1.165, 1.54) is 11.6 Å². The molecule has 0 saturated carbocycles. The Hall–Kier alpha value is -3.74. The summed E-state index contributed by atoms with van der Waals surface area (Å²) in [4.78, 5) is 8.82. The lowest BCUT2D eigenvalue weighted by atomic mass is 9.90. The van der Waals surface area contributed by atoms with Gasteiger partial charge in [0.05, 0.1) is 11.8 Å². The molecule has 37 heavy (non-hydrogen) atoms. The van der Waals surface area contributed by atoms with Crippen LogP contribution in [0.25, 0.3) is 6.08 Å². The molecule has 2 aromatic carbocycles. The van der Waals surface area contributed by atoms with Crippen molar-refractivity contribution in [2.24, 2.45) is 0 Å². The van der Waals surface area contributed by atoms with Gasteiger partial charge in [-0.1, -0.05) is 12.1 Å². The Bertz CT molecular complexity index is 1400. The predicted octanol–water partition coefficient (Wildman–Crippen LogP) is 5.70. The van der Waals surface area contributed by atoms with Crippen LogP contribution in [-0.2, 0) is 10.0 Å². The Morgan fingerprint density at radius 1 is 1.14 bits per heavy atom. The van der Waals surface area contributed by atoms with E-state index in [2.05, 4.69) is 27.4 Å². The zero-order chi connectivity index (χ0) is 26.4. The third-order valence-electron chi connectivity index (χ3n) is 6.52. The predicted molar refractivity (Wildman–Crippen MR) is 145 cm³/mol. The molecule has 0 amide bonds. The van der Waals surface area contributed by atoms with Gasteiger partial charge in [0.1, 0.15) is 5.75 Å². The molecule has 0 aliphatic carbocycles. The molecule has 9 heteroatoms. The number of nitriles is 1. The van der Waals surface area contributed by atoms with Crippen LogP contribution in [0.5, 0.6) is 11.6 Å². The highest BCUT2D eigenvalue weighted by molar-refractivity contribution is 7.89. The van der Waals surface area contributed by atoms with E-state index in [1.807, 2.05) is 44.2 Å². The monoisotopic (exact) mass is 517 g/mol. The summed E-state index contributed by atoms with van der Waals surface area (Å²) in [5.41, 5.74) is 4.89. The maximum Gasteiger partial charge on any atom is 0.230 e. The number of aryl methyl sites for hydroxylation is 2. The van der Waals surface area contributed by atoms with Crippen molar-refractivity contribution in [1.82, 2.24) is 14.3 Å². The number of allylic oxidation sites excluding steroid dienone is 1. The van der Waals surface area contributed by atoms with Gasteiger partial charge in [0, 0.05) is 37.1 Å². The molecule has 8 nitrogen and oxygen atoms in total. The minimum atomic E-state index is -3.12. The number of anilines is 2. The van der Waals surface area contributed by atoms with E-state index < -0.39 is 10.0 Å². The van der Waals surface area contributed by atoms with Crippen LogP contribution in [0.4, 0.5) is 11.6 Å². The lowest BCUT2D eigenvalue weighted by molar-refractivity contribution is 0.320. The van der Waals surface area contributed by atoms with E-state index in [1.54, 1.807) is 29.6 Å². The molecule has 192 valence electrons. The maximum atomic E-state index is 12.1. The molecule has 0 atom stereocenters. The smallest absolute Gasteiger partial charge is 0.230 e. The Kier molecular flexibility index (Phi) is 8.21. The van der Waals surface area contributed by atoms with Gasteiger partial charge in [0.25, 0.3) is 0 Å². The summed E-state index contributed by atoms with van der Waals surface area (Å²) >= 11 is 0. The number of rotatable bonds is 8. The number of piperidine rings is 1. The highest BCUT2D eigenvalue weighted by atomic mass is 32.2. The standard InChI is InChI=1S/C28H31N5O3S/c1-4-37(34,35)33-16-12-24(13-17-33)23-7-9-25(10-8-23)31-28-30-15-11-26(32-28)36-27-20(2)18-22(6-5-14-29)19-21(27)3/h5-11,15,18-19,24H,4,12-13,16-17H2,1-3H3,(H,30,31,32)/b6-5+. The number of sulfonamides is 1. The molecule has 2 heterocycles. The molecule has 1 saturated heterocycles. The lowest BCUT2D eigenvalue weighted by Gasteiger charge is -2.31. The van der Waals surface area contributed by atoms with Gasteiger partial charge < -0.3 is 10.1 Å². The zero-order valence-electron chi connectivity index (χ0n) is 21.3. The molecule has 0 spiro atoms. The minimum absolute atomic E-state index is 0.152. The molecule has 0 unspecified atom stereocenters. The van der Waals surface area contributed by atoms with Gasteiger partial charge in [0.15, 0.2) is 0 Å². The van der Waals surface area contributed by atoms with Crippen LogP contribution in [0.1, 0.15) is 47.9 Å². The van der Waals surface area contributed by atoms with E-state index in [9.17, 15) is 8.42 Å². The summed E-state index contributed by atoms with van der Waals surface area (Å²) < 4.78 is 31.9. The van der Waals surface area contributed by atoms with E-state index in [0.717, 1.165) is 41.0 Å². The van der Waals surface area contributed by atoms with E-state index in [4.69, 9.17) is 10.00 Å². The molecule has 1 fully saturated rings. The van der Waals surface area contributed by atoms with Gasteiger partial charge in [-0.25, -0.2) is 17.7 Å². The van der Waals surface area contributed by atoms with Crippen molar-refractivity contribution in [1.29, 1.82) is 5.26 Å². The van der Waals surface area contributed by atoms with Crippen molar-refractivity contribution in [3.63, 3.8) is 0 Å². The van der Waals surface area contributed by atoms with Gasteiger partial charge in [0.2, 0.25) is 21.9 Å². The molecule has 1 aliphatic heterocycles. The molecule has 1 aliphatic rings. The summed E-state index contributed by atoms with van der Waals surface area (Å²) in [6.45, 7) is 6.75. The highest BCUT2D eigenvalue weighted by Crippen LogP contribution is 2.32. The molecule has 3 aromatic rings. The normalized spacial score (nSPS) is 15.0. The van der Waals surface area contributed by atoms with Crippen molar-refractivity contribution in [3.05, 3.63) is 77.0 Å². The van der Waals surface area contributed by atoms with Crippen molar-refractivity contribution in [3.8, 4) is 17.7 Å². The second-order valence-corrected chi connectivity index (χ2v) is 11.3. The summed E-state index contributed by atoms with van der Waals surface area (Å²) in [7, 11) is -3.12. The van der Waals surface area contributed by atoms with Crippen LogP contribution >= 0.6 is 0 Å². The van der Waals surface area contributed by atoms with Crippen molar-refractivity contribution in [2.75, 3.05) is 24.2 Å². The van der Waals surface area contributed by atoms with Crippen LogP contribution in [0.3, 0.4) is 0 Å². The fourth-order valence-corrected chi connectivity index (χ4v) is 5.69. The minimum Gasteiger partial charge on any atom is -0.438 e. The first-order chi connectivity index (χ1) is 17.8. The molecular formula is C28H31N5O3S. The van der Waals surface area contributed by atoms with Crippen LogP contribution in [-0.4, -0.2) is 41.5 Å². The fraction of sp³-hybridized carbons (Fsp3) is 0.321. The zero-order valence-corrected chi connectivity index (χ0v) is 22.1. The molecule has 0 radical (unpaired) electrons. The molecule has 1 aromatic heterocycles. The van der Waals surface area contributed by atoms with Gasteiger partial charge in [-0.05, 0) is 92.1 Å². The maximum absolute atomic E-state index is 12.1. The van der Waals surface area contributed by atoms with Crippen LogP contribution < -0.4 is 10.1 Å². The Morgan fingerprint density at radius 3 is 2.43 bits per heavy atom. The van der Waals surface area contributed by atoms with Crippen molar-refractivity contribution in [2.45, 2.75) is 39.5 Å². The largest absolute Gasteiger partial charge is 0.438 e. The van der Waals surface area contributed by atoms with Crippen LogP contribution in [0, 0.1) is 25.2 Å². The number of hydrogen-bond acceptors (Lipinski definition) is 7. The first-order valence-electron chi connectivity index (χ1n) is 12.3. The SMILES string of the molecule is CCS(=O)(=O)N1CCC(c2ccc(Nc3nccc(Oc4c(C)cc(/C=C/C#N)cc4C)n3)cc2)CC1. The number of nitrogens with zero attached hydrogens (tertiary/aromatic N) is 4. The molecule has 0 bridgehead atoms.